The van der Waals surface area contributed by atoms with Crippen LogP contribution in [0.2, 0.25) is 0 Å². The van der Waals surface area contributed by atoms with Crippen molar-refractivity contribution in [1.29, 1.82) is 0 Å². The lowest BCUT2D eigenvalue weighted by Gasteiger charge is -1.93. The van der Waals surface area contributed by atoms with E-state index in [0.29, 0.717) is 0 Å². The van der Waals surface area contributed by atoms with Crippen molar-refractivity contribution in [2.75, 3.05) is 7.11 Å². The molecular formula is C10H19NO. The number of hydrogen-bond donors (Lipinski definition) is 0. The zero-order chi connectivity index (χ0) is 9.82. The fourth-order valence-corrected chi connectivity index (χ4v) is 0.468. The van der Waals surface area contributed by atoms with Gasteiger partial charge in [-0.1, -0.05) is 27.7 Å². The summed E-state index contributed by atoms with van der Waals surface area (Å²) in [5.74, 6) is 0.799. The zero-order valence-corrected chi connectivity index (χ0v) is 8.66. The lowest BCUT2D eigenvalue weighted by molar-refractivity contribution is 0.413. The standard InChI is InChI=1S/C6H7NO.2C2H6/c1-8-6-3-2-4-7-5-6;2*1-2/h2-5H,1H3;2*1-2H3. The number of methoxy groups -OCH3 is 1. The highest BCUT2D eigenvalue weighted by Gasteiger charge is 1.81. The second-order valence-corrected chi connectivity index (χ2v) is 1.39. The minimum absolute atomic E-state index is 0.799. The summed E-state index contributed by atoms with van der Waals surface area (Å²) in [6.45, 7) is 8.00. The van der Waals surface area contributed by atoms with Gasteiger partial charge < -0.3 is 4.74 Å². The van der Waals surface area contributed by atoms with E-state index in [1.807, 2.05) is 39.8 Å². The Balaban J connectivity index is 0. The maximum absolute atomic E-state index is 4.85. The van der Waals surface area contributed by atoms with Crippen LogP contribution in [-0.2, 0) is 0 Å². The maximum Gasteiger partial charge on any atom is 0.137 e. The monoisotopic (exact) mass is 169 g/mol. The van der Waals surface area contributed by atoms with Gasteiger partial charge in [-0.2, -0.15) is 0 Å². The molecule has 70 valence electrons. The molecule has 0 aromatic carbocycles. The summed E-state index contributed by atoms with van der Waals surface area (Å²) < 4.78 is 4.85. The largest absolute Gasteiger partial charge is 0.495 e. The number of nitrogens with zero attached hydrogens (tertiary/aromatic N) is 1. The molecule has 0 saturated heterocycles. The van der Waals surface area contributed by atoms with Gasteiger partial charge in [0.05, 0.1) is 13.3 Å². The van der Waals surface area contributed by atoms with Crippen LogP contribution >= 0.6 is 0 Å². The Hall–Kier alpha value is -1.05. The predicted molar refractivity (Wildman–Crippen MR) is 53.5 cm³/mol. The van der Waals surface area contributed by atoms with Crippen molar-refractivity contribution in [1.82, 2.24) is 4.98 Å². The van der Waals surface area contributed by atoms with Gasteiger partial charge in [0, 0.05) is 6.20 Å². The SMILES string of the molecule is CC.CC.COc1cccnc1. The van der Waals surface area contributed by atoms with Crippen LogP contribution in [-0.4, -0.2) is 12.1 Å². The van der Waals surface area contributed by atoms with Crippen molar-refractivity contribution in [3.8, 4) is 5.75 Å². The van der Waals surface area contributed by atoms with Crippen molar-refractivity contribution < 1.29 is 4.74 Å². The van der Waals surface area contributed by atoms with Crippen LogP contribution in [0.4, 0.5) is 0 Å². The van der Waals surface area contributed by atoms with Crippen LogP contribution in [0, 0.1) is 0 Å². The molecule has 0 saturated carbocycles. The molecule has 1 heterocycles. The molecule has 0 aliphatic heterocycles. The molecule has 0 fully saturated rings. The number of hydrogen-bond acceptors (Lipinski definition) is 2. The normalized spacial score (nSPS) is 6.75. The fourth-order valence-electron chi connectivity index (χ4n) is 0.468. The second kappa shape index (κ2) is 12.6. The van der Waals surface area contributed by atoms with E-state index in [1.54, 1.807) is 19.5 Å². The highest BCUT2D eigenvalue weighted by atomic mass is 16.5. The fraction of sp³-hybridized carbons (Fsp3) is 0.500. The van der Waals surface area contributed by atoms with E-state index in [4.69, 9.17) is 4.74 Å². The van der Waals surface area contributed by atoms with E-state index < -0.39 is 0 Å². The Morgan fingerprint density at radius 2 is 1.75 bits per heavy atom. The van der Waals surface area contributed by atoms with E-state index in [9.17, 15) is 0 Å². The molecule has 0 atom stereocenters. The van der Waals surface area contributed by atoms with E-state index in [0.717, 1.165) is 5.75 Å². The molecule has 0 N–H and O–H groups in total. The maximum atomic E-state index is 4.85. The first-order valence-corrected chi connectivity index (χ1v) is 4.37. The van der Waals surface area contributed by atoms with Gasteiger partial charge in [0.25, 0.3) is 0 Å². The van der Waals surface area contributed by atoms with Crippen LogP contribution < -0.4 is 4.74 Å². The van der Waals surface area contributed by atoms with Crippen molar-refractivity contribution in [3.05, 3.63) is 24.5 Å². The summed E-state index contributed by atoms with van der Waals surface area (Å²) in [4.78, 5) is 3.83. The molecule has 0 spiro atoms. The topological polar surface area (TPSA) is 22.1 Å². The van der Waals surface area contributed by atoms with E-state index in [-0.39, 0.29) is 0 Å². The predicted octanol–water partition coefficient (Wildman–Crippen LogP) is 3.14. The average Bonchev–Trinajstić information content (AvgIpc) is 2.25. The molecule has 1 aromatic heterocycles. The van der Waals surface area contributed by atoms with Crippen LogP contribution in [0.1, 0.15) is 27.7 Å². The van der Waals surface area contributed by atoms with Crippen LogP contribution in [0.3, 0.4) is 0 Å². The molecule has 2 nitrogen and oxygen atoms in total. The third-order valence-electron chi connectivity index (χ3n) is 0.870. The molecule has 12 heavy (non-hydrogen) atoms. The molecule has 0 bridgehead atoms. The summed E-state index contributed by atoms with van der Waals surface area (Å²) in [5.41, 5.74) is 0. The summed E-state index contributed by atoms with van der Waals surface area (Å²) in [7, 11) is 1.62. The Morgan fingerprint density at radius 3 is 2.00 bits per heavy atom. The lowest BCUT2D eigenvalue weighted by Crippen LogP contribution is -1.80. The average molecular weight is 169 g/mol. The Labute approximate surface area is 75.6 Å². The third kappa shape index (κ3) is 7.06. The molecular weight excluding hydrogens is 150 g/mol. The molecule has 0 unspecified atom stereocenters. The van der Waals surface area contributed by atoms with Gasteiger partial charge in [0.2, 0.25) is 0 Å². The van der Waals surface area contributed by atoms with Gasteiger partial charge in [0.1, 0.15) is 5.75 Å². The van der Waals surface area contributed by atoms with Gasteiger partial charge in [-0.3, -0.25) is 4.98 Å². The summed E-state index contributed by atoms with van der Waals surface area (Å²) in [5, 5.41) is 0. The first-order chi connectivity index (χ1) is 5.93. The van der Waals surface area contributed by atoms with Crippen molar-refractivity contribution >= 4 is 0 Å². The van der Waals surface area contributed by atoms with Crippen molar-refractivity contribution in [2.45, 2.75) is 27.7 Å². The minimum Gasteiger partial charge on any atom is -0.495 e. The summed E-state index contributed by atoms with van der Waals surface area (Å²) >= 11 is 0. The smallest absolute Gasteiger partial charge is 0.137 e. The summed E-state index contributed by atoms with van der Waals surface area (Å²) in [6.07, 6.45) is 3.38. The molecule has 1 aromatic rings. The number of aromatic nitrogens is 1. The van der Waals surface area contributed by atoms with E-state index in [2.05, 4.69) is 4.98 Å². The lowest BCUT2D eigenvalue weighted by atomic mass is 10.5. The number of pyridine rings is 1. The molecule has 0 aliphatic carbocycles. The zero-order valence-electron chi connectivity index (χ0n) is 8.66. The van der Waals surface area contributed by atoms with Gasteiger partial charge in [0.15, 0.2) is 0 Å². The Kier molecular flexibility index (Phi) is 14.2. The summed E-state index contributed by atoms with van der Waals surface area (Å²) in [6, 6.07) is 3.69. The quantitative estimate of drug-likeness (QED) is 0.644. The molecule has 0 amide bonds. The molecule has 1 rings (SSSR count). The van der Waals surface area contributed by atoms with E-state index >= 15 is 0 Å². The first kappa shape index (κ1) is 13.5. The van der Waals surface area contributed by atoms with Gasteiger partial charge in [-0.05, 0) is 12.1 Å². The van der Waals surface area contributed by atoms with Gasteiger partial charge >= 0.3 is 0 Å². The van der Waals surface area contributed by atoms with Crippen LogP contribution in [0.25, 0.3) is 0 Å². The molecule has 0 aliphatic rings. The molecule has 2 heteroatoms. The minimum atomic E-state index is 0.799. The number of rotatable bonds is 1. The van der Waals surface area contributed by atoms with Crippen molar-refractivity contribution in [3.63, 3.8) is 0 Å². The van der Waals surface area contributed by atoms with Crippen LogP contribution in [0.15, 0.2) is 24.5 Å². The van der Waals surface area contributed by atoms with E-state index in [1.165, 1.54) is 0 Å². The van der Waals surface area contributed by atoms with Gasteiger partial charge in [-0.25, -0.2) is 0 Å². The Bertz CT molecular complexity index is 151. The van der Waals surface area contributed by atoms with Crippen LogP contribution in [0.5, 0.6) is 5.75 Å². The van der Waals surface area contributed by atoms with Crippen molar-refractivity contribution in [2.24, 2.45) is 0 Å². The highest BCUT2D eigenvalue weighted by Crippen LogP contribution is 2.02. The third-order valence-corrected chi connectivity index (χ3v) is 0.870. The van der Waals surface area contributed by atoms with Gasteiger partial charge in [-0.15, -0.1) is 0 Å². The molecule has 0 radical (unpaired) electrons. The first-order valence-electron chi connectivity index (χ1n) is 4.37. The number of ether oxygens (including phenoxy) is 1. The highest BCUT2D eigenvalue weighted by molar-refractivity contribution is 5.14. The Morgan fingerprint density at radius 1 is 1.17 bits per heavy atom. The second-order valence-electron chi connectivity index (χ2n) is 1.39.